The Hall–Kier alpha value is -1.89. The average molecular weight is 218 g/mol. The largest absolute Gasteiger partial charge is 0.322 e. The molecular formula is C12H11FN2O. The molecule has 0 atom stereocenters. The van der Waals surface area contributed by atoms with Crippen molar-refractivity contribution in [2.75, 3.05) is 6.54 Å². The van der Waals surface area contributed by atoms with Crippen molar-refractivity contribution < 1.29 is 9.18 Å². The molecule has 16 heavy (non-hydrogen) atoms. The van der Waals surface area contributed by atoms with Crippen LogP contribution in [0.15, 0.2) is 24.3 Å². The van der Waals surface area contributed by atoms with Crippen LogP contribution in [0, 0.1) is 17.1 Å². The highest BCUT2D eigenvalue weighted by atomic mass is 19.1. The Labute approximate surface area is 93.1 Å². The van der Waals surface area contributed by atoms with Crippen LogP contribution in [0.3, 0.4) is 0 Å². The van der Waals surface area contributed by atoms with Gasteiger partial charge in [0.2, 0.25) is 0 Å². The molecule has 0 unspecified atom stereocenters. The molecule has 4 heteroatoms. The van der Waals surface area contributed by atoms with Crippen molar-refractivity contribution in [2.45, 2.75) is 18.9 Å². The summed E-state index contributed by atoms with van der Waals surface area (Å²) in [6.45, 7) is 0.0256. The summed E-state index contributed by atoms with van der Waals surface area (Å²) in [4.78, 5) is 13.4. The number of hydrogen-bond donors (Lipinski definition) is 0. The Morgan fingerprint density at radius 2 is 2.19 bits per heavy atom. The first-order valence-electron chi connectivity index (χ1n) is 5.16. The summed E-state index contributed by atoms with van der Waals surface area (Å²) in [6.07, 6.45) is 1.81. The van der Waals surface area contributed by atoms with E-state index in [-0.39, 0.29) is 24.1 Å². The zero-order chi connectivity index (χ0) is 11.5. The average Bonchev–Trinajstić information content (AvgIpc) is 3.09. The van der Waals surface area contributed by atoms with E-state index in [9.17, 15) is 9.18 Å². The summed E-state index contributed by atoms with van der Waals surface area (Å²) < 4.78 is 13.4. The number of benzene rings is 1. The van der Waals surface area contributed by atoms with Gasteiger partial charge in [0.25, 0.3) is 5.91 Å². The molecule has 0 saturated heterocycles. The van der Waals surface area contributed by atoms with Crippen LogP contribution in [0.2, 0.25) is 0 Å². The number of rotatable bonds is 3. The fourth-order valence-electron chi connectivity index (χ4n) is 1.62. The van der Waals surface area contributed by atoms with Crippen molar-refractivity contribution in [3.05, 3.63) is 35.6 Å². The van der Waals surface area contributed by atoms with Crippen molar-refractivity contribution in [2.24, 2.45) is 0 Å². The summed E-state index contributed by atoms with van der Waals surface area (Å²) in [5, 5.41) is 8.64. The van der Waals surface area contributed by atoms with Gasteiger partial charge in [0.1, 0.15) is 12.4 Å². The van der Waals surface area contributed by atoms with Crippen molar-refractivity contribution in [3.63, 3.8) is 0 Å². The van der Waals surface area contributed by atoms with E-state index in [2.05, 4.69) is 0 Å². The molecule has 1 saturated carbocycles. The predicted molar refractivity (Wildman–Crippen MR) is 56.1 cm³/mol. The molecule has 1 fully saturated rings. The Balaban J connectivity index is 2.23. The van der Waals surface area contributed by atoms with Crippen LogP contribution < -0.4 is 0 Å². The fraction of sp³-hybridized carbons (Fsp3) is 0.333. The van der Waals surface area contributed by atoms with Gasteiger partial charge in [-0.05, 0) is 25.0 Å². The number of carbonyl (C=O) groups excluding carboxylic acids is 1. The summed E-state index contributed by atoms with van der Waals surface area (Å²) in [5.41, 5.74) is 0.0460. The number of nitriles is 1. The molecule has 1 aliphatic rings. The van der Waals surface area contributed by atoms with E-state index >= 15 is 0 Å². The normalized spacial score (nSPS) is 14.2. The molecule has 1 aromatic rings. The van der Waals surface area contributed by atoms with Gasteiger partial charge in [0.05, 0.1) is 11.6 Å². The van der Waals surface area contributed by atoms with Crippen LogP contribution in [0.4, 0.5) is 4.39 Å². The van der Waals surface area contributed by atoms with E-state index in [1.807, 2.05) is 6.07 Å². The lowest BCUT2D eigenvalue weighted by Gasteiger charge is -2.19. The first-order valence-corrected chi connectivity index (χ1v) is 5.16. The summed E-state index contributed by atoms with van der Waals surface area (Å²) in [6, 6.07) is 7.92. The molecule has 0 aliphatic heterocycles. The van der Waals surface area contributed by atoms with Gasteiger partial charge < -0.3 is 4.90 Å². The van der Waals surface area contributed by atoms with Crippen molar-refractivity contribution >= 4 is 5.91 Å². The van der Waals surface area contributed by atoms with Crippen molar-refractivity contribution in [1.29, 1.82) is 5.26 Å². The van der Waals surface area contributed by atoms with Crippen LogP contribution in [-0.4, -0.2) is 23.4 Å². The first kappa shape index (κ1) is 10.6. The number of halogens is 1. The number of amides is 1. The molecule has 0 spiro atoms. The lowest BCUT2D eigenvalue weighted by Crippen LogP contribution is -2.34. The number of nitrogens with zero attached hydrogens (tertiary/aromatic N) is 2. The Morgan fingerprint density at radius 3 is 2.75 bits per heavy atom. The SMILES string of the molecule is N#CCN(C(=O)c1ccccc1F)C1CC1. The van der Waals surface area contributed by atoms with Crippen LogP contribution >= 0.6 is 0 Å². The molecule has 3 nitrogen and oxygen atoms in total. The van der Waals surface area contributed by atoms with Crippen LogP contribution in [0.25, 0.3) is 0 Å². The van der Waals surface area contributed by atoms with E-state index in [1.54, 1.807) is 6.07 Å². The third-order valence-corrected chi connectivity index (χ3v) is 2.59. The zero-order valence-corrected chi connectivity index (χ0v) is 8.69. The molecule has 1 aliphatic carbocycles. The second kappa shape index (κ2) is 4.31. The third kappa shape index (κ3) is 2.03. The highest BCUT2D eigenvalue weighted by Gasteiger charge is 2.33. The molecule has 0 N–H and O–H groups in total. The monoisotopic (exact) mass is 218 g/mol. The lowest BCUT2D eigenvalue weighted by molar-refractivity contribution is 0.0760. The van der Waals surface area contributed by atoms with Gasteiger partial charge in [-0.2, -0.15) is 5.26 Å². The standard InChI is InChI=1S/C12H11FN2O/c13-11-4-2-1-3-10(11)12(16)15(8-7-14)9-5-6-9/h1-4,9H,5-6,8H2. The molecule has 2 rings (SSSR count). The first-order chi connectivity index (χ1) is 7.74. The summed E-state index contributed by atoms with van der Waals surface area (Å²) in [7, 11) is 0. The maximum Gasteiger partial charge on any atom is 0.257 e. The molecule has 0 bridgehead atoms. The van der Waals surface area contributed by atoms with Gasteiger partial charge in [-0.15, -0.1) is 0 Å². The van der Waals surface area contributed by atoms with E-state index in [0.29, 0.717) is 0 Å². The van der Waals surface area contributed by atoms with Crippen molar-refractivity contribution in [1.82, 2.24) is 4.90 Å². The number of carbonyl (C=O) groups is 1. The summed E-state index contributed by atoms with van der Waals surface area (Å²) >= 11 is 0. The maximum absolute atomic E-state index is 13.4. The second-order valence-electron chi connectivity index (χ2n) is 3.80. The minimum atomic E-state index is -0.531. The molecule has 0 aromatic heterocycles. The quantitative estimate of drug-likeness (QED) is 0.728. The lowest BCUT2D eigenvalue weighted by atomic mass is 10.2. The molecule has 1 amide bonds. The fourth-order valence-corrected chi connectivity index (χ4v) is 1.62. The van der Waals surface area contributed by atoms with Crippen molar-refractivity contribution in [3.8, 4) is 6.07 Å². The Bertz CT molecular complexity index is 449. The van der Waals surface area contributed by atoms with Gasteiger partial charge in [0, 0.05) is 6.04 Å². The van der Waals surface area contributed by atoms with Gasteiger partial charge in [-0.1, -0.05) is 12.1 Å². The topological polar surface area (TPSA) is 44.1 Å². The molecular weight excluding hydrogens is 207 g/mol. The molecule has 1 aromatic carbocycles. The van der Waals surface area contributed by atoms with Crippen LogP contribution in [0.1, 0.15) is 23.2 Å². The third-order valence-electron chi connectivity index (χ3n) is 2.59. The smallest absolute Gasteiger partial charge is 0.257 e. The van der Waals surface area contributed by atoms with Gasteiger partial charge in [0.15, 0.2) is 0 Å². The maximum atomic E-state index is 13.4. The summed E-state index contributed by atoms with van der Waals surface area (Å²) in [5.74, 6) is -0.918. The van der Waals surface area contributed by atoms with Gasteiger partial charge in [-0.3, -0.25) is 4.79 Å². The highest BCUT2D eigenvalue weighted by Crippen LogP contribution is 2.28. The molecule has 0 heterocycles. The zero-order valence-electron chi connectivity index (χ0n) is 8.69. The molecule has 82 valence electrons. The minimum absolute atomic E-state index is 0.0256. The number of hydrogen-bond acceptors (Lipinski definition) is 2. The van der Waals surface area contributed by atoms with E-state index in [0.717, 1.165) is 12.8 Å². The van der Waals surface area contributed by atoms with Gasteiger partial charge >= 0.3 is 0 Å². The minimum Gasteiger partial charge on any atom is -0.322 e. The predicted octanol–water partition coefficient (Wildman–Crippen LogP) is 1.95. The second-order valence-corrected chi connectivity index (χ2v) is 3.80. The van der Waals surface area contributed by atoms with Crippen LogP contribution in [-0.2, 0) is 0 Å². The Kier molecular flexibility index (Phi) is 2.86. The molecule has 0 radical (unpaired) electrons. The highest BCUT2D eigenvalue weighted by molar-refractivity contribution is 5.95. The van der Waals surface area contributed by atoms with E-state index in [1.165, 1.54) is 23.1 Å². The Morgan fingerprint density at radius 1 is 1.50 bits per heavy atom. The van der Waals surface area contributed by atoms with Crippen LogP contribution in [0.5, 0.6) is 0 Å². The van der Waals surface area contributed by atoms with Gasteiger partial charge in [-0.25, -0.2) is 4.39 Å². The van der Waals surface area contributed by atoms with E-state index < -0.39 is 5.82 Å². The van der Waals surface area contributed by atoms with E-state index in [4.69, 9.17) is 5.26 Å².